The van der Waals surface area contributed by atoms with Crippen LogP contribution in [0.3, 0.4) is 0 Å². The van der Waals surface area contributed by atoms with Gasteiger partial charge in [0.2, 0.25) is 0 Å². The van der Waals surface area contributed by atoms with Crippen LogP contribution in [0, 0.1) is 6.92 Å². The molecular weight excluding hydrogens is 276 g/mol. The number of rotatable bonds is 3. The van der Waals surface area contributed by atoms with Crippen molar-refractivity contribution in [2.45, 2.75) is 13.0 Å². The number of ether oxygens (including phenoxy) is 1. The minimum absolute atomic E-state index is 0.0931. The molecule has 2 N–H and O–H groups in total. The molecule has 0 spiro atoms. The third-order valence-electron chi connectivity index (χ3n) is 3.78. The fourth-order valence-electron chi connectivity index (χ4n) is 2.47. The summed E-state index contributed by atoms with van der Waals surface area (Å²) < 4.78 is 5.72. The molecule has 0 aromatic heterocycles. The second-order valence-corrected chi connectivity index (χ2v) is 5.51. The summed E-state index contributed by atoms with van der Waals surface area (Å²) in [5, 5.41) is 6.22. The highest BCUT2D eigenvalue weighted by Crippen LogP contribution is 2.21. The van der Waals surface area contributed by atoms with E-state index in [1.54, 1.807) is 0 Å². The smallest absolute Gasteiger partial charge is 0.255 e. The molecule has 1 amide bonds. The van der Waals surface area contributed by atoms with Gasteiger partial charge in [-0.15, -0.1) is 0 Å². The number of morpholine rings is 1. The number of benzene rings is 2. The maximum Gasteiger partial charge on any atom is 0.255 e. The maximum absolute atomic E-state index is 12.2. The highest BCUT2D eigenvalue weighted by atomic mass is 16.5. The first kappa shape index (κ1) is 14.8. The van der Waals surface area contributed by atoms with Crippen molar-refractivity contribution in [3.8, 4) is 0 Å². The summed E-state index contributed by atoms with van der Waals surface area (Å²) in [7, 11) is 0. The molecule has 0 unspecified atom stereocenters. The highest BCUT2D eigenvalue weighted by molar-refractivity contribution is 6.04. The maximum atomic E-state index is 12.2. The van der Waals surface area contributed by atoms with Crippen molar-refractivity contribution in [1.82, 2.24) is 5.32 Å². The van der Waals surface area contributed by atoms with E-state index in [0.717, 1.165) is 36.5 Å². The second-order valence-electron chi connectivity index (χ2n) is 5.51. The third kappa shape index (κ3) is 3.53. The molecule has 114 valence electrons. The predicted octanol–water partition coefficient (Wildman–Crippen LogP) is 2.91. The van der Waals surface area contributed by atoms with Crippen LogP contribution >= 0.6 is 0 Å². The van der Waals surface area contributed by atoms with Crippen LogP contribution in [0.1, 0.15) is 27.6 Å². The van der Waals surface area contributed by atoms with Crippen LogP contribution in [0.15, 0.2) is 48.5 Å². The lowest BCUT2D eigenvalue weighted by atomic mass is 10.1. The first-order valence-corrected chi connectivity index (χ1v) is 7.53. The molecule has 4 heteroatoms. The van der Waals surface area contributed by atoms with Gasteiger partial charge in [0, 0.05) is 24.3 Å². The van der Waals surface area contributed by atoms with Crippen LogP contribution < -0.4 is 10.6 Å². The summed E-state index contributed by atoms with van der Waals surface area (Å²) in [5.74, 6) is -0.0941. The van der Waals surface area contributed by atoms with E-state index in [1.807, 2.05) is 55.5 Å². The van der Waals surface area contributed by atoms with Crippen molar-refractivity contribution in [3.05, 3.63) is 65.2 Å². The number of hydrogen-bond acceptors (Lipinski definition) is 3. The van der Waals surface area contributed by atoms with E-state index in [-0.39, 0.29) is 12.0 Å². The Morgan fingerprint density at radius 3 is 2.50 bits per heavy atom. The summed E-state index contributed by atoms with van der Waals surface area (Å²) >= 11 is 0. The Morgan fingerprint density at radius 2 is 1.86 bits per heavy atom. The third-order valence-corrected chi connectivity index (χ3v) is 3.78. The first-order valence-electron chi connectivity index (χ1n) is 7.53. The van der Waals surface area contributed by atoms with Crippen molar-refractivity contribution in [2.75, 3.05) is 25.0 Å². The average Bonchev–Trinajstić information content (AvgIpc) is 2.57. The van der Waals surface area contributed by atoms with Crippen LogP contribution in [0.25, 0.3) is 0 Å². The zero-order valence-electron chi connectivity index (χ0n) is 12.6. The molecular formula is C18H20N2O2. The van der Waals surface area contributed by atoms with Crippen molar-refractivity contribution < 1.29 is 9.53 Å². The fraction of sp³-hybridized carbons (Fsp3) is 0.278. The van der Waals surface area contributed by atoms with E-state index in [1.165, 1.54) is 0 Å². The molecule has 0 saturated carbocycles. The molecule has 1 saturated heterocycles. The summed E-state index contributed by atoms with van der Waals surface area (Å²) in [5.41, 5.74) is 3.72. The van der Waals surface area contributed by atoms with Gasteiger partial charge in [-0.1, -0.05) is 29.8 Å². The van der Waals surface area contributed by atoms with Gasteiger partial charge in [-0.05, 0) is 36.8 Å². The van der Waals surface area contributed by atoms with E-state index in [4.69, 9.17) is 4.74 Å². The molecule has 4 nitrogen and oxygen atoms in total. The van der Waals surface area contributed by atoms with Crippen molar-refractivity contribution >= 4 is 11.6 Å². The normalized spacial score (nSPS) is 18.0. The van der Waals surface area contributed by atoms with Crippen molar-refractivity contribution in [2.24, 2.45) is 0 Å². The van der Waals surface area contributed by atoms with Gasteiger partial charge in [-0.2, -0.15) is 0 Å². The molecule has 1 fully saturated rings. The SMILES string of the molecule is Cc1ccc(C(=O)Nc2ccc([C@@H]3CNCCO3)cc2)cc1. The van der Waals surface area contributed by atoms with Gasteiger partial charge in [0.25, 0.3) is 5.91 Å². The van der Waals surface area contributed by atoms with Crippen LogP contribution in [0.2, 0.25) is 0 Å². The Labute approximate surface area is 130 Å². The summed E-state index contributed by atoms with van der Waals surface area (Å²) in [6.07, 6.45) is 0.0931. The lowest BCUT2D eigenvalue weighted by molar-refractivity contribution is 0.0277. The van der Waals surface area contributed by atoms with Gasteiger partial charge in [0.05, 0.1) is 12.7 Å². The lowest BCUT2D eigenvalue weighted by Crippen LogP contribution is -2.33. The zero-order valence-corrected chi connectivity index (χ0v) is 12.6. The molecule has 3 rings (SSSR count). The number of hydrogen-bond donors (Lipinski definition) is 2. The second kappa shape index (κ2) is 6.73. The van der Waals surface area contributed by atoms with Gasteiger partial charge in [-0.25, -0.2) is 0 Å². The first-order chi connectivity index (χ1) is 10.7. The standard InChI is InChI=1S/C18H20N2O2/c1-13-2-4-15(5-3-13)18(21)20-16-8-6-14(7-9-16)17-12-19-10-11-22-17/h2-9,17,19H,10-12H2,1H3,(H,20,21)/t17-/m0/s1. The Hall–Kier alpha value is -2.17. The van der Waals surface area contributed by atoms with E-state index in [0.29, 0.717) is 5.56 Å². The fourth-order valence-corrected chi connectivity index (χ4v) is 2.47. The minimum Gasteiger partial charge on any atom is -0.371 e. The highest BCUT2D eigenvalue weighted by Gasteiger charge is 2.15. The summed E-state index contributed by atoms with van der Waals surface area (Å²) in [6.45, 7) is 4.47. The predicted molar refractivity (Wildman–Crippen MR) is 87.1 cm³/mol. The number of anilines is 1. The topological polar surface area (TPSA) is 50.4 Å². The Balaban J connectivity index is 1.65. The van der Waals surface area contributed by atoms with Crippen LogP contribution in [0.4, 0.5) is 5.69 Å². The van der Waals surface area contributed by atoms with Crippen LogP contribution in [-0.4, -0.2) is 25.6 Å². The van der Waals surface area contributed by atoms with E-state index in [9.17, 15) is 4.79 Å². The molecule has 0 aliphatic carbocycles. The average molecular weight is 296 g/mol. The molecule has 0 radical (unpaired) electrons. The molecule has 1 aliphatic heterocycles. The van der Waals surface area contributed by atoms with Gasteiger partial charge in [-0.3, -0.25) is 4.79 Å². The van der Waals surface area contributed by atoms with Gasteiger partial charge in [0.1, 0.15) is 0 Å². The molecule has 22 heavy (non-hydrogen) atoms. The largest absolute Gasteiger partial charge is 0.371 e. The van der Waals surface area contributed by atoms with E-state index in [2.05, 4.69) is 10.6 Å². The molecule has 2 aromatic carbocycles. The van der Waals surface area contributed by atoms with E-state index >= 15 is 0 Å². The van der Waals surface area contributed by atoms with Gasteiger partial charge < -0.3 is 15.4 Å². The summed E-state index contributed by atoms with van der Waals surface area (Å²) in [4.78, 5) is 12.2. The van der Waals surface area contributed by atoms with Crippen molar-refractivity contribution in [1.29, 1.82) is 0 Å². The molecule has 1 aliphatic rings. The zero-order chi connectivity index (χ0) is 15.4. The molecule has 1 atom stereocenters. The monoisotopic (exact) mass is 296 g/mol. The number of aryl methyl sites for hydroxylation is 1. The number of amides is 1. The Morgan fingerprint density at radius 1 is 1.14 bits per heavy atom. The number of carbonyl (C=O) groups excluding carboxylic acids is 1. The minimum atomic E-state index is -0.0941. The van der Waals surface area contributed by atoms with Gasteiger partial charge in [0.15, 0.2) is 0 Å². The Bertz CT molecular complexity index is 629. The molecule has 2 aromatic rings. The Kier molecular flexibility index (Phi) is 4.51. The molecule has 0 bridgehead atoms. The number of nitrogens with one attached hydrogen (secondary N) is 2. The van der Waals surface area contributed by atoms with Gasteiger partial charge >= 0.3 is 0 Å². The van der Waals surface area contributed by atoms with Crippen LogP contribution in [-0.2, 0) is 4.74 Å². The summed E-state index contributed by atoms with van der Waals surface area (Å²) in [6, 6.07) is 15.4. The number of carbonyl (C=O) groups is 1. The van der Waals surface area contributed by atoms with Crippen molar-refractivity contribution in [3.63, 3.8) is 0 Å². The lowest BCUT2D eigenvalue weighted by Gasteiger charge is -2.24. The van der Waals surface area contributed by atoms with E-state index < -0.39 is 0 Å². The van der Waals surface area contributed by atoms with Crippen LogP contribution in [0.5, 0.6) is 0 Å². The quantitative estimate of drug-likeness (QED) is 0.915. The molecule has 1 heterocycles.